The molecule has 0 heterocycles. The fourth-order valence-electron chi connectivity index (χ4n) is 1.01. The smallest absolute Gasteiger partial charge is 0.0591 e. The van der Waals surface area contributed by atoms with Crippen molar-refractivity contribution in [2.24, 2.45) is 0 Å². The predicted molar refractivity (Wildman–Crippen MR) is 48.8 cm³/mol. The van der Waals surface area contributed by atoms with Crippen molar-refractivity contribution in [3.8, 4) is 0 Å². The van der Waals surface area contributed by atoms with Gasteiger partial charge in [0.1, 0.15) is 0 Å². The summed E-state index contributed by atoms with van der Waals surface area (Å²) in [5.74, 6) is 0. The van der Waals surface area contributed by atoms with E-state index in [1.807, 2.05) is 24.3 Å². The maximum atomic E-state index is 6.08. The number of alkyl halides is 1. The molecule has 0 nitrogen and oxygen atoms in total. The van der Waals surface area contributed by atoms with Gasteiger partial charge in [-0.25, -0.2) is 0 Å². The third-order valence-corrected chi connectivity index (χ3v) is 2.07. The van der Waals surface area contributed by atoms with Crippen LogP contribution in [0.15, 0.2) is 24.3 Å². The van der Waals surface area contributed by atoms with Crippen LogP contribution in [0, 0.1) is 6.07 Å². The molecule has 1 aromatic rings. The van der Waals surface area contributed by atoms with E-state index >= 15 is 0 Å². The van der Waals surface area contributed by atoms with Crippen molar-refractivity contribution >= 4 is 11.6 Å². The average Bonchev–Trinajstić information content (AvgIpc) is 2.07. The summed E-state index contributed by atoms with van der Waals surface area (Å²) in [6.45, 7) is 2.14. The fraction of sp³-hybridized carbons (Fsp3) is 0.400. The Morgan fingerprint density at radius 2 is 2.36 bits per heavy atom. The number of hydrogen-bond acceptors (Lipinski definition) is 0. The molecule has 59 valence electrons. The van der Waals surface area contributed by atoms with E-state index < -0.39 is 0 Å². The van der Waals surface area contributed by atoms with E-state index in [2.05, 4.69) is 13.0 Å². The molecule has 11 heavy (non-hydrogen) atoms. The molecule has 0 N–H and O–H groups in total. The summed E-state index contributed by atoms with van der Waals surface area (Å²) in [6, 6.07) is 11.0. The Kier molecular flexibility index (Phi) is 3.44. The first-order chi connectivity index (χ1) is 5.34. The van der Waals surface area contributed by atoms with E-state index in [4.69, 9.17) is 11.6 Å². The van der Waals surface area contributed by atoms with Crippen molar-refractivity contribution in [2.75, 3.05) is 0 Å². The maximum Gasteiger partial charge on any atom is 0.0591 e. The first kappa shape index (κ1) is 8.61. The quantitative estimate of drug-likeness (QED) is 0.604. The molecule has 0 fully saturated rings. The van der Waals surface area contributed by atoms with Crippen LogP contribution >= 0.6 is 11.6 Å². The summed E-state index contributed by atoms with van der Waals surface area (Å²) in [4.78, 5) is 0. The molecule has 1 radical (unpaired) electrons. The number of hydrogen-bond donors (Lipinski definition) is 0. The van der Waals surface area contributed by atoms with Crippen molar-refractivity contribution in [2.45, 2.75) is 25.1 Å². The lowest BCUT2D eigenvalue weighted by atomic mass is 10.1. The second-order valence-corrected chi connectivity index (χ2v) is 3.10. The summed E-state index contributed by atoms with van der Waals surface area (Å²) in [5.41, 5.74) is 1.11. The second kappa shape index (κ2) is 4.40. The van der Waals surface area contributed by atoms with E-state index in [9.17, 15) is 0 Å². The lowest BCUT2D eigenvalue weighted by Crippen LogP contribution is -1.88. The second-order valence-electron chi connectivity index (χ2n) is 2.57. The molecule has 0 aromatic heterocycles. The summed E-state index contributed by atoms with van der Waals surface area (Å²) >= 11 is 6.08. The summed E-state index contributed by atoms with van der Waals surface area (Å²) < 4.78 is 0. The van der Waals surface area contributed by atoms with Crippen molar-refractivity contribution in [1.29, 1.82) is 0 Å². The SMILES string of the molecule is CCCC(Cl)c1[c]cccc1. The van der Waals surface area contributed by atoms with Crippen LogP contribution in [0.2, 0.25) is 0 Å². The molecule has 0 aliphatic carbocycles. The Morgan fingerprint density at radius 1 is 1.55 bits per heavy atom. The minimum Gasteiger partial charge on any atom is -0.118 e. The molecule has 1 atom stereocenters. The zero-order valence-electron chi connectivity index (χ0n) is 6.68. The lowest BCUT2D eigenvalue weighted by Gasteiger charge is -2.06. The third kappa shape index (κ3) is 2.55. The van der Waals surface area contributed by atoms with Crippen LogP contribution in [0.4, 0.5) is 0 Å². The highest BCUT2D eigenvalue weighted by atomic mass is 35.5. The Hall–Kier alpha value is -0.490. The van der Waals surface area contributed by atoms with Crippen molar-refractivity contribution in [3.63, 3.8) is 0 Å². The van der Waals surface area contributed by atoms with Crippen LogP contribution in [0.1, 0.15) is 30.7 Å². The highest BCUT2D eigenvalue weighted by Gasteiger charge is 2.04. The van der Waals surface area contributed by atoms with Crippen LogP contribution in [-0.2, 0) is 0 Å². The van der Waals surface area contributed by atoms with Gasteiger partial charge in [-0.2, -0.15) is 0 Å². The van der Waals surface area contributed by atoms with E-state index in [1.165, 1.54) is 0 Å². The fourth-order valence-corrected chi connectivity index (χ4v) is 1.36. The first-order valence-electron chi connectivity index (χ1n) is 3.95. The molecule has 0 saturated heterocycles. The molecule has 0 aliphatic heterocycles. The highest BCUT2D eigenvalue weighted by molar-refractivity contribution is 6.20. The first-order valence-corrected chi connectivity index (χ1v) is 4.39. The molecule has 0 saturated carbocycles. The van der Waals surface area contributed by atoms with Gasteiger partial charge in [-0.1, -0.05) is 37.6 Å². The normalized spacial score (nSPS) is 12.9. The largest absolute Gasteiger partial charge is 0.118 e. The average molecular weight is 168 g/mol. The lowest BCUT2D eigenvalue weighted by molar-refractivity contribution is 0.769. The van der Waals surface area contributed by atoms with Gasteiger partial charge in [-0.15, -0.1) is 11.6 Å². The molecule has 0 aliphatic rings. The van der Waals surface area contributed by atoms with Gasteiger partial charge in [0.25, 0.3) is 0 Å². The Balaban J connectivity index is 2.61. The van der Waals surface area contributed by atoms with Gasteiger partial charge in [-0.05, 0) is 18.1 Å². The zero-order valence-corrected chi connectivity index (χ0v) is 7.43. The monoisotopic (exact) mass is 167 g/mol. The Bertz CT molecular complexity index is 193. The minimum absolute atomic E-state index is 0.140. The van der Waals surface area contributed by atoms with Crippen molar-refractivity contribution in [1.82, 2.24) is 0 Å². The molecule has 0 amide bonds. The van der Waals surface area contributed by atoms with Crippen molar-refractivity contribution in [3.05, 3.63) is 35.9 Å². The van der Waals surface area contributed by atoms with E-state index in [-0.39, 0.29) is 5.38 Å². The molecular weight excluding hydrogens is 156 g/mol. The predicted octanol–water partition coefficient (Wildman–Crippen LogP) is 3.57. The number of benzene rings is 1. The molecule has 1 rings (SSSR count). The van der Waals surface area contributed by atoms with Gasteiger partial charge in [0.05, 0.1) is 5.38 Å². The molecule has 0 spiro atoms. The van der Waals surface area contributed by atoms with E-state index in [0.29, 0.717) is 0 Å². The Labute approximate surface area is 73.2 Å². The van der Waals surface area contributed by atoms with Crippen LogP contribution in [0.5, 0.6) is 0 Å². The summed E-state index contributed by atoms with van der Waals surface area (Å²) in [6.07, 6.45) is 2.15. The van der Waals surface area contributed by atoms with Gasteiger partial charge < -0.3 is 0 Å². The summed E-state index contributed by atoms with van der Waals surface area (Å²) in [5, 5.41) is 0.140. The van der Waals surface area contributed by atoms with Gasteiger partial charge in [0, 0.05) is 0 Å². The third-order valence-electron chi connectivity index (χ3n) is 1.61. The Morgan fingerprint density at radius 3 is 2.91 bits per heavy atom. The zero-order chi connectivity index (χ0) is 8.10. The minimum atomic E-state index is 0.140. The number of halogens is 1. The van der Waals surface area contributed by atoms with Crippen LogP contribution < -0.4 is 0 Å². The van der Waals surface area contributed by atoms with E-state index in [1.54, 1.807) is 0 Å². The molecule has 0 bridgehead atoms. The van der Waals surface area contributed by atoms with Crippen LogP contribution in [0.25, 0.3) is 0 Å². The maximum absolute atomic E-state index is 6.08. The van der Waals surface area contributed by atoms with E-state index in [0.717, 1.165) is 18.4 Å². The molecule has 1 heteroatoms. The summed E-state index contributed by atoms with van der Waals surface area (Å²) in [7, 11) is 0. The van der Waals surface area contributed by atoms with Crippen LogP contribution in [-0.4, -0.2) is 0 Å². The van der Waals surface area contributed by atoms with Gasteiger partial charge in [-0.3, -0.25) is 0 Å². The topological polar surface area (TPSA) is 0 Å². The standard InChI is InChI=1S/C10H12Cl/c1-2-6-10(11)9-7-4-3-5-8-9/h3-5,7,10H,2,6H2,1H3. The molecule has 1 aromatic carbocycles. The van der Waals surface area contributed by atoms with Gasteiger partial charge in [0.2, 0.25) is 0 Å². The van der Waals surface area contributed by atoms with Gasteiger partial charge in [0.15, 0.2) is 0 Å². The van der Waals surface area contributed by atoms with Crippen LogP contribution in [0.3, 0.4) is 0 Å². The molecular formula is C10H12Cl. The van der Waals surface area contributed by atoms with Gasteiger partial charge >= 0.3 is 0 Å². The highest BCUT2D eigenvalue weighted by Crippen LogP contribution is 2.24. The number of rotatable bonds is 3. The molecule has 1 unspecified atom stereocenters. The van der Waals surface area contributed by atoms with Crippen molar-refractivity contribution < 1.29 is 0 Å².